The zero-order chi connectivity index (χ0) is 16.7. The van der Waals surface area contributed by atoms with Crippen molar-refractivity contribution in [3.8, 4) is 0 Å². The minimum Gasteiger partial charge on any atom is -0.357 e. The van der Waals surface area contributed by atoms with Crippen molar-refractivity contribution < 1.29 is 0 Å². The highest BCUT2D eigenvalue weighted by atomic mass is 35.5. The van der Waals surface area contributed by atoms with Gasteiger partial charge in [-0.25, -0.2) is 0 Å². The van der Waals surface area contributed by atoms with Gasteiger partial charge in [-0.3, -0.25) is 4.99 Å². The summed E-state index contributed by atoms with van der Waals surface area (Å²) in [6.45, 7) is 1.58. The largest absolute Gasteiger partial charge is 0.357 e. The number of rotatable bonds is 6. The quantitative estimate of drug-likeness (QED) is 0.473. The Balaban J connectivity index is 1.71. The molecule has 0 saturated heterocycles. The van der Waals surface area contributed by atoms with Crippen LogP contribution >= 0.6 is 23.2 Å². The number of aliphatic imine (C=N–C) groups is 1. The molecular formula is C17H22Cl2N4. The van der Waals surface area contributed by atoms with Crippen LogP contribution < -0.4 is 10.6 Å². The number of aryl methyl sites for hydroxylation is 2. The number of nitrogens with one attached hydrogen (secondary N) is 2. The maximum Gasteiger partial charge on any atom is 0.191 e. The SMILES string of the molecule is CN=C(NCCCc1ccc(Cl)cc1Cl)NCc1ccn(C)c1. The maximum atomic E-state index is 6.17. The molecular weight excluding hydrogens is 331 g/mol. The summed E-state index contributed by atoms with van der Waals surface area (Å²) in [6.07, 6.45) is 5.98. The van der Waals surface area contributed by atoms with Gasteiger partial charge in [0.05, 0.1) is 0 Å². The number of aromatic nitrogens is 1. The molecule has 124 valence electrons. The van der Waals surface area contributed by atoms with E-state index in [9.17, 15) is 0 Å². The van der Waals surface area contributed by atoms with Gasteiger partial charge >= 0.3 is 0 Å². The zero-order valence-corrected chi connectivity index (χ0v) is 15.0. The molecule has 2 aromatic rings. The molecule has 0 bridgehead atoms. The van der Waals surface area contributed by atoms with E-state index in [2.05, 4.69) is 27.9 Å². The third-order valence-electron chi connectivity index (χ3n) is 3.51. The first-order chi connectivity index (χ1) is 11.1. The normalized spacial score (nSPS) is 11.6. The monoisotopic (exact) mass is 352 g/mol. The van der Waals surface area contributed by atoms with Crippen molar-refractivity contribution in [3.05, 3.63) is 57.8 Å². The van der Waals surface area contributed by atoms with E-state index in [-0.39, 0.29) is 0 Å². The van der Waals surface area contributed by atoms with Gasteiger partial charge < -0.3 is 15.2 Å². The van der Waals surface area contributed by atoms with Crippen LogP contribution in [0.5, 0.6) is 0 Å². The molecule has 23 heavy (non-hydrogen) atoms. The van der Waals surface area contributed by atoms with Crippen molar-refractivity contribution in [3.63, 3.8) is 0 Å². The van der Waals surface area contributed by atoms with Crippen LogP contribution in [0.3, 0.4) is 0 Å². The standard InChI is InChI=1S/C17H22Cl2N4/c1-20-17(22-11-13-7-9-23(2)12-13)21-8-3-4-14-5-6-15(18)10-16(14)19/h5-7,9-10,12H,3-4,8,11H2,1-2H3,(H2,20,21,22). The maximum absolute atomic E-state index is 6.17. The van der Waals surface area contributed by atoms with Crippen LogP contribution in [0.15, 0.2) is 41.7 Å². The van der Waals surface area contributed by atoms with E-state index in [1.165, 1.54) is 5.56 Å². The first-order valence-electron chi connectivity index (χ1n) is 7.58. The van der Waals surface area contributed by atoms with Gasteiger partial charge in [0.1, 0.15) is 0 Å². The molecule has 0 aliphatic heterocycles. The van der Waals surface area contributed by atoms with Crippen LogP contribution in [0.2, 0.25) is 10.0 Å². The Morgan fingerprint density at radius 1 is 1.22 bits per heavy atom. The highest BCUT2D eigenvalue weighted by molar-refractivity contribution is 6.35. The summed E-state index contributed by atoms with van der Waals surface area (Å²) in [5.74, 6) is 0.802. The first-order valence-corrected chi connectivity index (χ1v) is 8.33. The van der Waals surface area contributed by atoms with E-state index in [4.69, 9.17) is 23.2 Å². The van der Waals surface area contributed by atoms with E-state index in [0.29, 0.717) is 5.02 Å². The average molecular weight is 353 g/mol. The van der Waals surface area contributed by atoms with Crippen molar-refractivity contribution in [2.24, 2.45) is 12.0 Å². The predicted molar refractivity (Wildman–Crippen MR) is 98.4 cm³/mol. The molecule has 1 heterocycles. The molecule has 0 radical (unpaired) electrons. The minimum atomic E-state index is 0.669. The number of nitrogens with zero attached hydrogens (tertiary/aromatic N) is 2. The summed E-state index contributed by atoms with van der Waals surface area (Å²) in [7, 11) is 3.79. The Hall–Kier alpha value is -1.65. The van der Waals surface area contributed by atoms with Crippen LogP contribution in [0.1, 0.15) is 17.5 Å². The van der Waals surface area contributed by atoms with Gasteiger partial charge in [0.15, 0.2) is 5.96 Å². The van der Waals surface area contributed by atoms with Gasteiger partial charge in [-0.1, -0.05) is 29.3 Å². The second-order valence-corrected chi connectivity index (χ2v) is 6.22. The predicted octanol–water partition coefficient (Wildman–Crippen LogP) is 3.63. The minimum absolute atomic E-state index is 0.669. The Labute approximate surface area is 147 Å². The molecule has 0 saturated carbocycles. The fraction of sp³-hybridized carbons (Fsp3) is 0.353. The first kappa shape index (κ1) is 17.7. The number of hydrogen-bond acceptors (Lipinski definition) is 1. The molecule has 1 aromatic carbocycles. The van der Waals surface area contributed by atoms with Gasteiger partial charge in [0, 0.05) is 49.6 Å². The van der Waals surface area contributed by atoms with Crippen LogP contribution in [0, 0.1) is 0 Å². The Morgan fingerprint density at radius 2 is 2.04 bits per heavy atom. The van der Waals surface area contributed by atoms with Crippen LogP contribution in [-0.2, 0) is 20.0 Å². The van der Waals surface area contributed by atoms with Crippen LogP contribution in [0.4, 0.5) is 0 Å². The van der Waals surface area contributed by atoms with Crippen molar-refractivity contribution >= 4 is 29.2 Å². The number of guanidine groups is 1. The number of benzene rings is 1. The van der Waals surface area contributed by atoms with E-state index in [0.717, 1.165) is 42.5 Å². The fourth-order valence-electron chi connectivity index (χ4n) is 2.28. The van der Waals surface area contributed by atoms with Gasteiger partial charge in [-0.15, -0.1) is 0 Å². The number of halogens is 2. The summed E-state index contributed by atoms with van der Waals surface area (Å²) in [4.78, 5) is 4.23. The third-order valence-corrected chi connectivity index (χ3v) is 4.09. The highest BCUT2D eigenvalue weighted by Crippen LogP contribution is 2.21. The molecule has 0 aliphatic carbocycles. The van der Waals surface area contributed by atoms with E-state index in [1.54, 1.807) is 13.1 Å². The Kier molecular flexibility index (Phi) is 6.81. The molecule has 2 rings (SSSR count). The summed E-state index contributed by atoms with van der Waals surface area (Å²) >= 11 is 12.1. The zero-order valence-electron chi connectivity index (χ0n) is 13.4. The van der Waals surface area contributed by atoms with Crippen molar-refractivity contribution in [2.45, 2.75) is 19.4 Å². The van der Waals surface area contributed by atoms with Crippen LogP contribution in [0.25, 0.3) is 0 Å². The lowest BCUT2D eigenvalue weighted by molar-refractivity contribution is 0.741. The molecule has 0 atom stereocenters. The summed E-state index contributed by atoms with van der Waals surface area (Å²) in [5.41, 5.74) is 2.34. The molecule has 0 spiro atoms. The average Bonchev–Trinajstić information content (AvgIpc) is 2.94. The molecule has 0 aliphatic rings. The van der Waals surface area contributed by atoms with Crippen molar-refractivity contribution in [2.75, 3.05) is 13.6 Å². The second-order valence-electron chi connectivity index (χ2n) is 5.38. The van der Waals surface area contributed by atoms with E-state index < -0.39 is 0 Å². The number of hydrogen-bond donors (Lipinski definition) is 2. The van der Waals surface area contributed by atoms with Gasteiger partial charge in [0.2, 0.25) is 0 Å². The van der Waals surface area contributed by atoms with Crippen molar-refractivity contribution in [1.82, 2.24) is 15.2 Å². The highest BCUT2D eigenvalue weighted by Gasteiger charge is 2.02. The molecule has 0 fully saturated rings. The van der Waals surface area contributed by atoms with Gasteiger partial charge in [-0.05, 0) is 42.2 Å². The molecule has 6 heteroatoms. The Bertz CT molecular complexity index is 664. The summed E-state index contributed by atoms with van der Waals surface area (Å²) in [5, 5.41) is 8.00. The van der Waals surface area contributed by atoms with Gasteiger partial charge in [-0.2, -0.15) is 0 Å². The second kappa shape index (κ2) is 8.85. The van der Waals surface area contributed by atoms with Crippen LogP contribution in [-0.4, -0.2) is 24.1 Å². The summed E-state index contributed by atoms with van der Waals surface area (Å²) < 4.78 is 2.03. The topological polar surface area (TPSA) is 41.4 Å². The fourth-order valence-corrected chi connectivity index (χ4v) is 2.78. The molecule has 2 N–H and O–H groups in total. The smallest absolute Gasteiger partial charge is 0.191 e. The van der Waals surface area contributed by atoms with E-state index in [1.807, 2.05) is 29.9 Å². The van der Waals surface area contributed by atoms with Gasteiger partial charge in [0.25, 0.3) is 0 Å². The molecule has 1 aromatic heterocycles. The lowest BCUT2D eigenvalue weighted by Crippen LogP contribution is -2.37. The van der Waals surface area contributed by atoms with E-state index >= 15 is 0 Å². The summed E-state index contributed by atoms with van der Waals surface area (Å²) in [6, 6.07) is 7.72. The van der Waals surface area contributed by atoms with Crippen molar-refractivity contribution in [1.29, 1.82) is 0 Å². The lowest BCUT2D eigenvalue weighted by Gasteiger charge is -2.11. The Morgan fingerprint density at radius 3 is 2.70 bits per heavy atom. The molecule has 4 nitrogen and oxygen atoms in total. The lowest BCUT2D eigenvalue weighted by atomic mass is 10.1. The third kappa shape index (κ3) is 5.81. The molecule has 0 amide bonds. The molecule has 0 unspecified atom stereocenters.